The number of amides is 3. The number of halogens is 1. The average molecular weight is 500 g/mol. The van der Waals surface area contributed by atoms with Crippen molar-refractivity contribution in [2.75, 3.05) is 13.1 Å². The molecule has 0 spiro atoms. The Hall–Kier alpha value is -3.46. The molecule has 4 atom stereocenters. The van der Waals surface area contributed by atoms with Crippen LogP contribution in [0.1, 0.15) is 41.8 Å². The molecule has 0 aromatic heterocycles. The molecule has 3 amide bonds. The first kappa shape index (κ1) is 27.1. The van der Waals surface area contributed by atoms with E-state index in [0.717, 1.165) is 10.5 Å². The Bertz CT molecular complexity index is 1080. The van der Waals surface area contributed by atoms with Crippen molar-refractivity contribution < 1.29 is 29.0 Å². The third-order valence-corrected chi connectivity index (χ3v) is 6.32. The van der Waals surface area contributed by atoms with Crippen LogP contribution in [0.4, 0.5) is 4.39 Å². The Morgan fingerprint density at radius 2 is 1.81 bits per heavy atom. The van der Waals surface area contributed by atoms with Crippen LogP contribution >= 0.6 is 0 Å². The average Bonchev–Trinajstić information content (AvgIpc) is 3.25. The number of aromatic hydroxyl groups is 1. The summed E-state index contributed by atoms with van der Waals surface area (Å²) < 4.78 is 14.3. The molecule has 1 saturated heterocycles. The third kappa shape index (κ3) is 6.60. The molecular formula is C27H34FN3O5. The lowest BCUT2D eigenvalue weighted by molar-refractivity contribution is -0.146. The van der Waals surface area contributed by atoms with E-state index in [1.807, 2.05) is 19.9 Å². The normalized spacial score (nSPS) is 19.1. The number of carbonyl (C=O) groups is 3. The molecule has 1 heterocycles. The zero-order chi connectivity index (χ0) is 26.4. The largest absolute Gasteiger partial charge is 0.508 e. The number of rotatable bonds is 9. The summed E-state index contributed by atoms with van der Waals surface area (Å²) >= 11 is 0. The fourth-order valence-corrected chi connectivity index (χ4v) is 4.27. The number of nitrogens with zero attached hydrogens (tertiary/aromatic N) is 1. The van der Waals surface area contributed by atoms with E-state index in [1.165, 1.54) is 18.2 Å². The summed E-state index contributed by atoms with van der Waals surface area (Å²) in [4.78, 5) is 40.2. The van der Waals surface area contributed by atoms with E-state index in [-0.39, 0.29) is 36.6 Å². The Morgan fingerprint density at radius 1 is 1.11 bits per heavy atom. The van der Waals surface area contributed by atoms with Gasteiger partial charge >= 0.3 is 0 Å². The lowest BCUT2D eigenvalue weighted by Gasteiger charge is -2.30. The van der Waals surface area contributed by atoms with Gasteiger partial charge in [-0.15, -0.1) is 0 Å². The highest BCUT2D eigenvalue weighted by Crippen LogP contribution is 2.24. The lowest BCUT2D eigenvalue weighted by atomic mass is 9.98. The molecule has 1 aliphatic heterocycles. The molecule has 1 aliphatic rings. The highest BCUT2D eigenvalue weighted by atomic mass is 19.1. The maximum Gasteiger partial charge on any atom is 0.254 e. The predicted octanol–water partition coefficient (Wildman–Crippen LogP) is 2.11. The summed E-state index contributed by atoms with van der Waals surface area (Å²) in [6, 6.07) is 11.4. The summed E-state index contributed by atoms with van der Waals surface area (Å²) in [5.41, 5.74) is 1.32. The smallest absolute Gasteiger partial charge is 0.254 e. The molecule has 8 nitrogen and oxygen atoms in total. The van der Waals surface area contributed by atoms with E-state index >= 15 is 0 Å². The van der Waals surface area contributed by atoms with Gasteiger partial charge in [-0.2, -0.15) is 0 Å². The zero-order valence-corrected chi connectivity index (χ0v) is 20.8. The van der Waals surface area contributed by atoms with Gasteiger partial charge in [-0.3, -0.25) is 14.4 Å². The van der Waals surface area contributed by atoms with E-state index in [0.29, 0.717) is 12.1 Å². The minimum atomic E-state index is -1.72. The molecule has 4 N–H and O–H groups in total. The maximum absolute atomic E-state index is 14.3. The topological polar surface area (TPSA) is 119 Å². The third-order valence-electron chi connectivity index (χ3n) is 6.32. The second-order valence-electron chi connectivity index (χ2n) is 9.64. The quantitative estimate of drug-likeness (QED) is 0.422. The second kappa shape index (κ2) is 12.0. The fourth-order valence-electron chi connectivity index (χ4n) is 4.27. The molecular weight excluding hydrogens is 465 g/mol. The molecule has 4 unspecified atom stereocenters. The van der Waals surface area contributed by atoms with Crippen molar-refractivity contribution in [2.45, 2.75) is 58.0 Å². The van der Waals surface area contributed by atoms with Gasteiger partial charge in [0.1, 0.15) is 18.0 Å². The molecule has 2 aromatic rings. The number of benzene rings is 2. The number of aliphatic hydroxyl groups excluding tert-OH is 1. The van der Waals surface area contributed by atoms with Gasteiger partial charge in [0.05, 0.1) is 12.6 Å². The number of phenols is 1. The number of likely N-dealkylation sites (tertiary alicyclic amines) is 1. The first-order chi connectivity index (χ1) is 17.1. The van der Waals surface area contributed by atoms with E-state index in [2.05, 4.69) is 10.6 Å². The first-order valence-corrected chi connectivity index (χ1v) is 12.1. The Balaban J connectivity index is 1.83. The molecule has 2 aromatic carbocycles. The van der Waals surface area contributed by atoms with Crippen LogP contribution in [0.3, 0.4) is 0 Å². The lowest BCUT2D eigenvalue weighted by Crippen LogP contribution is -2.56. The van der Waals surface area contributed by atoms with Crippen LogP contribution in [0.15, 0.2) is 48.5 Å². The maximum atomic E-state index is 14.3. The van der Waals surface area contributed by atoms with Crippen LogP contribution in [-0.2, 0) is 16.0 Å². The zero-order valence-electron chi connectivity index (χ0n) is 20.8. The van der Waals surface area contributed by atoms with Crippen LogP contribution in [0, 0.1) is 12.8 Å². The fraction of sp³-hybridized carbons (Fsp3) is 0.444. The molecule has 0 saturated carbocycles. The number of hydrogen-bond donors (Lipinski definition) is 4. The number of phenolic OH excluding ortho intramolecular Hbond substituents is 1. The minimum Gasteiger partial charge on any atom is -0.508 e. The highest BCUT2D eigenvalue weighted by molar-refractivity contribution is 5.97. The second-order valence-corrected chi connectivity index (χ2v) is 9.64. The summed E-state index contributed by atoms with van der Waals surface area (Å²) in [5, 5.41) is 26.5. The Labute approximate surface area is 210 Å². The molecule has 0 radical (unpaired) electrons. The molecule has 0 aliphatic carbocycles. The van der Waals surface area contributed by atoms with Crippen molar-refractivity contribution in [1.29, 1.82) is 0 Å². The molecule has 1 fully saturated rings. The summed E-state index contributed by atoms with van der Waals surface area (Å²) in [6.45, 7) is 5.50. The van der Waals surface area contributed by atoms with Crippen molar-refractivity contribution in [3.05, 3.63) is 65.2 Å². The van der Waals surface area contributed by atoms with Gasteiger partial charge in [-0.05, 0) is 37.0 Å². The van der Waals surface area contributed by atoms with E-state index in [1.54, 1.807) is 31.2 Å². The number of aliphatic hydroxyl groups is 1. The van der Waals surface area contributed by atoms with E-state index < -0.39 is 42.1 Å². The van der Waals surface area contributed by atoms with Crippen LogP contribution in [-0.4, -0.2) is 70.3 Å². The monoisotopic (exact) mass is 499 g/mol. The summed E-state index contributed by atoms with van der Waals surface area (Å²) in [7, 11) is 0. The van der Waals surface area contributed by atoms with Crippen molar-refractivity contribution in [1.82, 2.24) is 15.5 Å². The highest BCUT2D eigenvalue weighted by Gasteiger charge is 2.43. The molecule has 36 heavy (non-hydrogen) atoms. The number of alkyl halides is 1. The van der Waals surface area contributed by atoms with Gasteiger partial charge in [0.15, 0.2) is 6.10 Å². The number of hydrogen-bond acceptors (Lipinski definition) is 5. The van der Waals surface area contributed by atoms with Crippen molar-refractivity contribution >= 4 is 17.7 Å². The van der Waals surface area contributed by atoms with Gasteiger partial charge in [-0.1, -0.05) is 50.2 Å². The van der Waals surface area contributed by atoms with Crippen LogP contribution in [0.5, 0.6) is 5.75 Å². The number of nitrogens with one attached hydrogen (secondary N) is 2. The molecule has 194 valence electrons. The molecule has 9 heteroatoms. The van der Waals surface area contributed by atoms with Crippen molar-refractivity contribution in [3.63, 3.8) is 0 Å². The van der Waals surface area contributed by atoms with Crippen LogP contribution < -0.4 is 10.6 Å². The minimum absolute atomic E-state index is 0.0554. The van der Waals surface area contributed by atoms with E-state index in [4.69, 9.17) is 0 Å². The molecule has 3 rings (SSSR count). The Morgan fingerprint density at radius 3 is 2.47 bits per heavy atom. The Kier molecular flexibility index (Phi) is 9.03. The van der Waals surface area contributed by atoms with Gasteiger partial charge in [0.2, 0.25) is 5.91 Å². The van der Waals surface area contributed by atoms with Crippen molar-refractivity contribution in [3.8, 4) is 5.75 Å². The van der Waals surface area contributed by atoms with Gasteiger partial charge in [0.25, 0.3) is 11.8 Å². The van der Waals surface area contributed by atoms with Gasteiger partial charge in [-0.25, -0.2) is 4.39 Å². The van der Waals surface area contributed by atoms with Gasteiger partial charge in [0, 0.05) is 24.1 Å². The standard InChI is InChI=1S/C27H34FN3O5/c1-16(2)14-29-26(35)22-13-19(28)15-31(22)27(36)24(33)21(12-18-8-5-4-6-9-18)30-25(34)20-10-7-11-23(32)17(20)3/h4-11,16,19,21-22,24,32-33H,12-15H2,1-3H3,(H,29,35)(H,30,34). The van der Waals surface area contributed by atoms with Gasteiger partial charge < -0.3 is 25.7 Å². The molecule has 0 bridgehead atoms. The van der Waals surface area contributed by atoms with Crippen LogP contribution in [0.2, 0.25) is 0 Å². The van der Waals surface area contributed by atoms with Crippen molar-refractivity contribution in [2.24, 2.45) is 5.92 Å². The first-order valence-electron chi connectivity index (χ1n) is 12.1. The predicted molar refractivity (Wildman–Crippen MR) is 133 cm³/mol. The van der Waals surface area contributed by atoms with E-state index in [9.17, 15) is 29.0 Å². The summed E-state index contributed by atoms with van der Waals surface area (Å²) in [6.07, 6.45) is -3.15. The van der Waals surface area contributed by atoms with Crippen LogP contribution in [0.25, 0.3) is 0 Å². The SMILES string of the molecule is Cc1c(O)cccc1C(=O)NC(Cc1ccccc1)C(O)C(=O)N1CC(F)CC1C(=O)NCC(C)C. The number of carbonyl (C=O) groups excluding carboxylic acids is 3. The summed E-state index contributed by atoms with van der Waals surface area (Å²) in [5.74, 6) is -1.75.